The predicted octanol–water partition coefficient (Wildman–Crippen LogP) is 1.35. The summed E-state index contributed by atoms with van der Waals surface area (Å²) in [6.07, 6.45) is 3.23. The molecule has 6 nitrogen and oxygen atoms in total. The molecule has 0 saturated heterocycles. The van der Waals surface area contributed by atoms with E-state index in [9.17, 15) is 4.79 Å². The number of esters is 1. The van der Waals surface area contributed by atoms with Crippen LogP contribution in [0.15, 0.2) is 18.5 Å². The van der Waals surface area contributed by atoms with Crippen LogP contribution in [0.3, 0.4) is 0 Å². The van der Waals surface area contributed by atoms with Crippen LogP contribution in [0.4, 0.5) is 0 Å². The molecule has 0 atom stereocenters. The number of ether oxygens (including phenoxy) is 1. The van der Waals surface area contributed by atoms with E-state index in [-0.39, 0.29) is 0 Å². The lowest BCUT2D eigenvalue weighted by atomic mass is 10.3. The first-order chi connectivity index (χ1) is 8.22. The molecular formula is C11H12N4O2. The highest BCUT2D eigenvalue weighted by Gasteiger charge is 2.16. The monoisotopic (exact) mass is 232 g/mol. The van der Waals surface area contributed by atoms with Crippen LogP contribution in [0.2, 0.25) is 0 Å². The van der Waals surface area contributed by atoms with Gasteiger partial charge in [-0.05, 0) is 19.9 Å². The zero-order chi connectivity index (χ0) is 12.3. The van der Waals surface area contributed by atoms with Crippen molar-refractivity contribution in [3.63, 3.8) is 0 Å². The molecule has 6 heteroatoms. The van der Waals surface area contributed by atoms with Crippen LogP contribution < -0.4 is 0 Å². The van der Waals surface area contributed by atoms with Crippen LogP contribution in [0, 0.1) is 6.92 Å². The molecule has 2 heterocycles. The van der Waals surface area contributed by atoms with Gasteiger partial charge >= 0.3 is 5.97 Å². The number of hydrogen-bond acceptors (Lipinski definition) is 5. The molecule has 0 spiro atoms. The van der Waals surface area contributed by atoms with Crippen LogP contribution in [0.25, 0.3) is 11.6 Å². The largest absolute Gasteiger partial charge is 0.461 e. The van der Waals surface area contributed by atoms with Crippen molar-refractivity contribution in [2.24, 2.45) is 0 Å². The molecule has 0 aliphatic rings. The van der Waals surface area contributed by atoms with Crippen molar-refractivity contribution in [3.8, 4) is 11.6 Å². The Morgan fingerprint density at radius 2 is 2.12 bits per heavy atom. The Labute approximate surface area is 98.1 Å². The fourth-order valence-electron chi connectivity index (χ4n) is 1.39. The number of rotatable bonds is 3. The second-order valence-electron chi connectivity index (χ2n) is 3.34. The van der Waals surface area contributed by atoms with E-state index in [0.29, 0.717) is 29.6 Å². The molecule has 2 aromatic rings. The Kier molecular flexibility index (Phi) is 3.13. The van der Waals surface area contributed by atoms with E-state index in [4.69, 9.17) is 4.74 Å². The minimum atomic E-state index is -0.417. The van der Waals surface area contributed by atoms with Crippen molar-refractivity contribution in [3.05, 3.63) is 29.8 Å². The van der Waals surface area contributed by atoms with Gasteiger partial charge in [-0.15, -0.1) is 0 Å². The third-order valence-electron chi connectivity index (χ3n) is 2.14. The van der Waals surface area contributed by atoms with Gasteiger partial charge in [0.25, 0.3) is 0 Å². The summed E-state index contributed by atoms with van der Waals surface area (Å²) in [6.45, 7) is 3.81. The lowest BCUT2D eigenvalue weighted by Crippen LogP contribution is -2.06. The van der Waals surface area contributed by atoms with Gasteiger partial charge in [0.15, 0.2) is 11.6 Å². The number of aromatic amines is 1. The quantitative estimate of drug-likeness (QED) is 0.808. The van der Waals surface area contributed by atoms with Gasteiger partial charge in [0.1, 0.15) is 5.69 Å². The summed E-state index contributed by atoms with van der Waals surface area (Å²) in [4.78, 5) is 26.8. The molecule has 0 amide bonds. The number of carbonyl (C=O) groups is 1. The lowest BCUT2D eigenvalue weighted by molar-refractivity contribution is 0.0519. The SMILES string of the molecule is CCOC(=O)c1[nH]c(-c2ncccn2)nc1C. The second kappa shape index (κ2) is 4.73. The highest BCUT2D eigenvalue weighted by molar-refractivity contribution is 5.89. The van der Waals surface area contributed by atoms with E-state index >= 15 is 0 Å². The van der Waals surface area contributed by atoms with Crippen molar-refractivity contribution in [1.29, 1.82) is 0 Å². The van der Waals surface area contributed by atoms with Crippen LogP contribution in [-0.4, -0.2) is 32.5 Å². The molecular weight excluding hydrogens is 220 g/mol. The second-order valence-corrected chi connectivity index (χ2v) is 3.34. The molecule has 1 N–H and O–H groups in total. The highest BCUT2D eigenvalue weighted by atomic mass is 16.5. The van der Waals surface area contributed by atoms with Gasteiger partial charge in [-0.3, -0.25) is 0 Å². The van der Waals surface area contributed by atoms with E-state index in [0.717, 1.165) is 0 Å². The number of hydrogen-bond donors (Lipinski definition) is 1. The summed E-state index contributed by atoms with van der Waals surface area (Å²) >= 11 is 0. The van der Waals surface area contributed by atoms with Crippen LogP contribution in [0.1, 0.15) is 23.1 Å². The van der Waals surface area contributed by atoms with Crippen LogP contribution in [-0.2, 0) is 4.74 Å². The summed E-state index contributed by atoms with van der Waals surface area (Å²) in [5.74, 6) is 0.497. The summed E-state index contributed by atoms with van der Waals surface area (Å²) < 4.78 is 4.91. The molecule has 0 bridgehead atoms. The molecule has 2 aromatic heterocycles. The molecule has 0 unspecified atom stereocenters. The van der Waals surface area contributed by atoms with E-state index in [2.05, 4.69) is 19.9 Å². The topological polar surface area (TPSA) is 80.8 Å². The van der Waals surface area contributed by atoms with Crippen molar-refractivity contribution in [1.82, 2.24) is 19.9 Å². The zero-order valence-corrected chi connectivity index (χ0v) is 9.60. The standard InChI is InChI=1S/C11H12N4O2/c1-3-17-11(16)8-7(2)14-10(15-8)9-12-5-4-6-13-9/h4-6H,3H2,1-2H3,(H,14,15). The number of imidazole rings is 1. The molecule has 0 saturated carbocycles. The van der Waals surface area contributed by atoms with Crippen LogP contribution >= 0.6 is 0 Å². The number of nitrogens with zero attached hydrogens (tertiary/aromatic N) is 3. The van der Waals surface area contributed by atoms with Gasteiger partial charge in [0.05, 0.1) is 12.3 Å². The van der Waals surface area contributed by atoms with Crippen molar-refractivity contribution >= 4 is 5.97 Å². The third-order valence-corrected chi connectivity index (χ3v) is 2.14. The number of aryl methyl sites for hydroxylation is 1. The van der Waals surface area contributed by atoms with Gasteiger partial charge in [-0.25, -0.2) is 19.7 Å². The fourth-order valence-corrected chi connectivity index (χ4v) is 1.39. The zero-order valence-electron chi connectivity index (χ0n) is 9.60. The number of nitrogens with one attached hydrogen (secondary N) is 1. The van der Waals surface area contributed by atoms with Crippen molar-refractivity contribution in [2.75, 3.05) is 6.61 Å². The highest BCUT2D eigenvalue weighted by Crippen LogP contribution is 2.13. The number of aromatic nitrogens is 4. The van der Waals surface area contributed by atoms with E-state index in [1.807, 2.05) is 0 Å². The maximum absolute atomic E-state index is 11.6. The summed E-state index contributed by atoms with van der Waals surface area (Å²) in [7, 11) is 0. The van der Waals surface area contributed by atoms with Gasteiger partial charge < -0.3 is 9.72 Å². The summed E-state index contributed by atoms with van der Waals surface area (Å²) in [5, 5.41) is 0. The molecule has 2 rings (SSSR count). The van der Waals surface area contributed by atoms with E-state index in [1.54, 1.807) is 32.3 Å². The van der Waals surface area contributed by atoms with E-state index < -0.39 is 5.97 Å². The molecule has 0 aliphatic heterocycles. The minimum Gasteiger partial charge on any atom is -0.461 e. The molecule has 17 heavy (non-hydrogen) atoms. The van der Waals surface area contributed by atoms with Gasteiger partial charge in [0.2, 0.25) is 0 Å². The normalized spacial score (nSPS) is 10.2. The molecule has 0 radical (unpaired) electrons. The first-order valence-electron chi connectivity index (χ1n) is 5.23. The predicted molar refractivity (Wildman–Crippen MR) is 60.3 cm³/mol. The molecule has 0 aromatic carbocycles. The number of H-pyrrole nitrogens is 1. The Morgan fingerprint density at radius 3 is 2.76 bits per heavy atom. The van der Waals surface area contributed by atoms with Crippen molar-refractivity contribution in [2.45, 2.75) is 13.8 Å². The third kappa shape index (κ3) is 2.30. The Bertz CT molecular complexity index is 522. The maximum atomic E-state index is 11.6. The van der Waals surface area contributed by atoms with E-state index in [1.165, 1.54) is 0 Å². The fraction of sp³-hybridized carbons (Fsp3) is 0.273. The van der Waals surface area contributed by atoms with Gasteiger partial charge in [0, 0.05) is 12.4 Å². The van der Waals surface area contributed by atoms with Gasteiger partial charge in [-0.1, -0.05) is 0 Å². The van der Waals surface area contributed by atoms with Crippen LogP contribution in [0.5, 0.6) is 0 Å². The average Bonchev–Trinajstić information content (AvgIpc) is 2.73. The number of carbonyl (C=O) groups excluding carboxylic acids is 1. The van der Waals surface area contributed by atoms with Crippen molar-refractivity contribution < 1.29 is 9.53 Å². The minimum absolute atomic E-state index is 0.328. The molecule has 0 fully saturated rings. The Balaban J connectivity index is 2.34. The summed E-state index contributed by atoms with van der Waals surface area (Å²) in [5.41, 5.74) is 0.917. The average molecular weight is 232 g/mol. The summed E-state index contributed by atoms with van der Waals surface area (Å²) in [6, 6.07) is 1.71. The maximum Gasteiger partial charge on any atom is 0.356 e. The molecule has 88 valence electrons. The Morgan fingerprint density at radius 1 is 1.41 bits per heavy atom. The molecule has 0 aliphatic carbocycles. The first-order valence-corrected chi connectivity index (χ1v) is 5.23. The lowest BCUT2D eigenvalue weighted by Gasteiger charge is -1.98. The smallest absolute Gasteiger partial charge is 0.356 e. The Hall–Kier alpha value is -2.24. The first kappa shape index (κ1) is 11.3. The van der Waals surface area contributed by atoms with Gasteiger partial charge in [-0.2, -0.15) is 0 Å².